The Hall–Kier alpha value is -4.40. The van der Waals surface area contributed by atoms with Crippen molar-refractivity contribution in [1.29, 1.82) is 0 Å². The summed E-state index contributed by atoms with van der Waals surface area (Å²) in [6, 6.07) is 22.1. The van der Waals surface area contributed by atoms with Gasteiger partial charge in [-0.15, -0.1) is 0 Å². The fourth-order valence-electron chi connectivity index (χ4n) is 4.30. The molecule has 170 valence electrons. The van der Waals surface area contributed by atoms with E-state index in [9.17, 15) is 9.18 Å². The Kier molecular flexibility index (Phi) is 5.37. The first-order chi connectivity index (χ1) is 16.4. The summed E-state index contributed by atoms with van der Waals surface area (Å²) >= 11 is 0. The number of carbonyl (C=O) groups is 1. The number of aromatic amines is 1. The van der Waals surface area contributed by atoms with E-state index in [1.807, 2.05) is 62.4 Å². The number of tetrazole rings is 1. The molecule has 0 spiro atoms. The Morgan fingerprint density at radius 3 is 2.50 bits per heavy atom. The maximum absolute atomic E-state index is 13.4. The van der Waals surface area contributed by atoms with Gasteiger partial charge in [0.2, 0.25) is 11.9 Å². The fraction of sp³-hybridized carbons (Fsp3) is 0.160. The van der Waals surface area contributed by atoms with Crippen LogP contribution in [0.25, 0.3) is 16.6 Å². The predicted octanol–water partition coefficient (Wildman–Crippen LogP) is 4.47. The highest BCUT2D eigenvalue weighted by atomic mass is 19.1. The number of anilines is 1. The van der Waals surface area contributed by atoms with Gasteiger partial charge in [0.05, 0.1) is 22.8 Å². The van der Waals surface area contributed by atoms with Crippen LogP contribution in [0.15, 0.2) is 79.0 Å². The average molecular weight is 455 g/mol. The van der Waals surface area contributed by atoms with Crippen molar-refractivity contribution in [3.8, 4) is 5.69 Å². The number of benzene rings is 3. The van der Waals surface area contributed by atoms with Crippen LogP contribution < -0.4 is 5.32 Å². The number of aromatic nitrogens is 6. The van der Waals surface area contributed by atoms with Crippen molar-refractivity contribution in [2.24, 2.45) is 5.41 Å². The first-order valence-electron chi connectivity index (χ1n) is 10.8. The Bertz CT molecular complexity index is 1430. The molecule has 8 nitrogen and oxygen atoms in total. The lowest BCUT2D eigenvalue weighted by molar-refractivity contribution is -0.124. The van der Waals surface area contributed by atoms with Gasteiger partial charge in [0.25, 0.3) is 0 Å². The van der Waals surface area contributed by atoms with E-state index >= 15 is 0 Å². The van der Waals surface area contributed by atoms with Crippen molar-refractivity contribution in [3.05, 3.63) is 95.9 Å². The van der Waals surface area contributed by atoms with E-state index in [1.165, 1.54) is 12.1 Å². The standard InChI is InChI=1S/C25H22FN7O/c1-25(2,23(34)28-24-29-31-32-30-24)22(16-6-4-3-5-7-16)17-8-13-21-18(14-17)15-27-33(21)20-11-9-19(26)10-12-20/h3-15,22H,1-2H3,(H2,28,29,30,31,32,34). The van der Waals surface area contributed by atoms with E-state index in [4.69, 9.17) is 0 Å². The highest BCUT2D eigenvalue weighted by Crippen LogP contribution is 2.42. The molecule has 1 amide bonds. The minimum Gasteiger partial charge on any atom is -0.293 e. The quantitative estimate of drug-likeness (QED) is 0.393. The molecule has 0 aliphatic heterocycles. The van der Waals surface area contributed by atoms with Crippen LogP contribution in [0, 0.1) is 11.2 Å². The number of halogens is 1. The molecule has 5 rings (SSSR count). The summed E-state index contributed by atoms with van der Waals surface area (Å²) in [5, 5.41) is 21.6. The zero-order chi connectivity index (χ0) is 23.7. The number of fused-ring (bicyclic) bond motifs is 1. The molecule has 0 aliphatic rings. The van der Waals surface area contributed by atoms with E-state index in [0.717, 1.165) is 27.7 Å². The normalized spacial score (nSPS) is 12.6. The maximum Gasteiger partial charge on any atom is 0.246 e. The Labute approximate surface area is 194 Å². The molecule has 0 bridgehead atoms. The second-order valence-corrected chi connectivity index (χ2v) is 8.62. The fourth-order valence-corrected chi connectivity index (χ4v) is 4.30. The molecule has 2 heterocycles. The number of nitrogens with one attached hydrogen (secondary N) is 2. The molecule has 5 aromatic rings. The van der Waals surface area contributed by atoms with Crippen molar-refractivity contribution in [3.63, 3.8) is 0 Å². The molecular weight excluding hydrogens is 433 g/mol. The van der Waals surface area contributed by atoms with Gasteiger partial charge in [-0.25, -0.2) is 14.2 Å². The van der Waals surface area contributed by atoms with Crippen LogP contribution in [0.2, 0.25) is 0 Å². The number of rotatable bonds is 6. The molecule has 1 atom stereocenters. The summed E-state index contributed by atoms with van der Waals surface area (Å²) in [6.07, 6.45) is 1.78. The third kappa shape index (κ3) is 3.92. The van der Waals surface area contributed by atoms with Crippen molar-refractivity contribution in [2.75, 3.05) is 5.32 Å². The van der Waals surface area contributed by atoms with Crippen molar-refractivity contribution >= 4 is 22.8 Å². The summed E-state index contributed by atoms with van der Waals surface area (Å²) in [5.41, 5.74) is 2.77. The molecule has 0 fully saturated rings. The van der Waals surface area contributed by atoms with Gasteiger partial charge < -0.3 is 0 Å². The number of hydrogen-bond acceptors (Lipinski definition) is 5. The maximum atomic E-state index is 13.4. The highest BCUT2D eigenvalue weighted by Gasteiger charge is 2.39. The molecule has 3 aromatic carbocycles. The van der Waals surface area contributed by atoms with Gasteiger partial charge in [0.1, 0.15) is 5.82 Å². The summed E-state index contributed by atoms with van der Waals surface area (Å²) < 4.78 is 15.1. The molecule has 0 saturated heterocycles. The molecule has 0 aliphatic carbocycles. The number of nitrogens with zero attached hydrogens (tertiary/aromatic N) is 5. The Morgan fingerprint density at radius 2 is 1.79 bits per heavy atom. The van der Waals surface area contributed by atoms with Gasteiger partial charge in [-0.2, -0.15) is 5.10 Å². The Balaban J connectivity index is 1.57. The van der Waals surface area contributed by atoms with Crippen LogP contribution in [-0.4, -0.2) is 36.3 Å². The van der Waals surface area contributed by atoms with E-state index in [-0.39, 0.29) is 23.6 Å². The van der Waals surface area contributed by atoms with E-state index in [2.05, 4.69) is 31.0 Å². The number of amides is 1. The first kappa shape index (κ1) is 21.4. The van der Waals surface area contributed by atoms with Crippen LogP contribution in [0.1, 0.15) is 30.9 Å². The second kappa shape index (κ2) is 8.51. The third-order valence-electron chi connectivity index (χ3n) is 6.01. The van der Waals surface area contributed by atoms with Gasteiger partial charge in [-0.1, -0.05) is 55.3 Å². The predicted molar refractivity (Wildman–Crippen MR) is 126 cm³/mol. The van der Waals surface area contributed by atoms with Gasteiger partial charge in [-0.3, -0.25) is 10.1 Å². The largest absolute Gasteiger partial charge is 0.293 e. The molecule has 2 aromatic heterocycles. The second-order valence-electron chi connectivity index (χ2n) is 8.62. The molecule has 1 unspecified atom stereocenters. The van der Waals surface area contributed by atoms with Gasteiger partial charge in [0.15, 0.2) is 0 Å². The topological polar surface area (TPSA) is 101 Å². The minimum absolute atomic E-state index is 0.195. The monoisotopic (exact) mass is 455 g/mol. The molecule has 9 heteroatoms. The molecular formula is C25H22FN7O. The van der Waals surface area contributed by atoms with Crippen molar-refractivity contribution in [2.45, 2.75) is 19.8 Å². The van der Waals surface area contributed by atoms with Crippen molar-refractivity contribution < 1.29 is 9.18 Å². The lowest BCUT2D eigenvalue weighted by Crippen LogP contribution is -2.37. The van der Waals surface area contributed by atoms with Gasteiger partial charge in [-0.05, 0) is 58.0 Å². The molecule has 0 saturated carbocycles. The number of H-pyrrole nitrogens is 1. The zero-order valence-electron chi connectivity index (χ0n) is 18.6. The average Bonchev–Trinajstić information content (AvgIpc) is 3.50. The number of carbonyl (C=O) groups excluding carboxylic acids is 1. The van der Waals surface area contributed by atoms with Crippen LogP contribution in [0.3, 0.4) is 0 Å². The first-order valence-corrected chi connectivity index (χ1v) is 10.8. The summed E-state index contributed by atoms with van der Waals surface area (Å²) in [7, 11) is 0. The third-order valence-corrected chi connectivity index (χ3v) is 6.01. The van der Waals surface area contributed by atoms with E-state index in [1.54, 1.807) is 23.0 Å². The Morgan fingerprint density at radius 1 is 1.03 bits per heavy atom. The summed E-state index contributed by atoms with van der Waals surface area (Å²) in [6.45, 7) is 3.80. The van der Waals surface area contributed by atoms with Gasteiger partial charge in [0, 0.05) is 11.3 Å². The zero-order valence-corrected chi connectivity index (χ0v) is 18.6. The molecule has 0 radical (unpaired) electrons. The van der Waals surface area contributed by atoms with Crippen LogP contribution in [-0.2, 0) is 4.79 Å². The van der Waals surface area contributed by atoms with Crippen molar-refractivity contribution in [1.82, 2.24) is 30.4 Å². The molecule has 2 N–H and O–H groups in total. The highest BCUT2D eigenvalue weighted by molar-refractivity contribution is 5.94. The summed E-state index contributed by atoms with van der Waals surface area (Å²) in [5.74, 6) is -0.583. The minimum atomic E-state index is -0.852. The SMILES string of the molecule is CC(C)(C(=O)Nc1nnn[nH]1)C(c1ccccc1)c1ccc2c(cnn2-c2ccc(F)cc2)c1. The smallest absolute Gasteiger partial charge is 0.246 e. The van der Waals surface area contributed by atoms with E-state index in [0.29, 0.717) is 0 Å². The van der Waals surface area contributed by atoms with Gasteiger partial charge >= 0.3 is 0 Å². The van der Waals surface area contributed by atoms with Crippen LogP contribution >= 0.6 is 0 Å². The lowest BCUT2D eigenvalue weighted by Gasteiger charge is -2.33. The molecule has 34 heavy (non-hydrogen) atoms. The summed E-state index contributed by atoms with van der Waals surface area (Å²) in [4.78, 5) is 13.3. The lowest BCUT2D eigenvalue weighted by atomic mass is 9.70. The van der Waals surface area contributed by atoms with Crippen LogP contribution in [0.4, 0.5) is 10.3 Å². The van der Waals surface area contributed by atoms with E-state index < -0.39 is 5.41 Å². The number of hydrogen-bond donors (Lipinski definition) is 2. The van der Waals surface area contributed by atoms with Crippen LogP contribution in [0.5, 0.6) is 0 Å².